The van der Waals surface area contributed by atoms with Crippen LogP contribution in [0.1, 0.15) is 29.8 Å². The van der Waals surface area contributed by atoms with Crippen molar-refractivity contribution in [1.29, 1.82) is 0 Å². The van der Waals surface area contributed by atoms with E-state index < -0.39 is 0 Å². The molecule has 0 aromatic heterocycles. The van der Waals surface area contributed by atoms with Crippen LogP contribution in [0.15, 0.2) is 6.07 Å². The molecule has 0 heterocycles. The van der Waals surface area contributed by atoms with Crippen LogP contribution in [0.4, 0.5) is 0 Å². The topological polar surface area (TPSA) is 55.8 Å². The molecule has 0 fully saturated rings. The molecule has 0 unspecified atom stereocenters. The molecule has 0 aliphatic heterocycles. The molecule has 1 rings (SSSR count). The first-order valence-electron chi connectivity index (χ1n) is 5.23. The molecule has 0 aliphatic rings. The average molecular weight is 224 g/mol. The predicted molar refractivity (Wildman–Crippen MR) is 60.6 cm³/mol. The molecule has 0 bridgehead atoms. The normalized spacial score (nSPS) is 9.94. The number of carbonyl (C=O) groups excluding carboxylic acids is 1. The molecular formula is C12H16O4. The van der Waals surface area contributed by atoms with Crippen molar-refractivity contribution in [2.45, 2.75) is 20.8 Å². The lowest BCUT2D eigenvalue weighted by molar-refractivity contribution is 0.111. The van der Waals surface area contributed by atoms with Crippen LogP contribution in [0, 0.1) is 6.92 Å². The van der Waals surface area contributed by atoms with Crippen LogP contribution in [0.25, 0.3) is 0 Å². The van der Waals surface area contributed by atoms with Crippen LogP contribution >= 0.6 is 0 Å². The Labute approximate surface area is 94.8 Å². The van der Waals surface area contributed by atoms with Gasteiger partial charge < -0.3 is 14.6 Å². The highest BCUT2D eigenvalue weighted by molar-refractivity contribution is 5.83. The third-order valence-electron chi connectivity index (χ3n) is 2.20. The number of hydrogen-bond donors (Lipinski definition) is 1. The number of hydrogen-bond acceptors (Lipinski definition) is 4. The van der Waals surface area contributed by atoms with Gasteiger partial charge in [-0.25, -0.2) is 0 Å². The number of rotatable bonds is 5. The molecule has 0 saturated heterocycles. The van der Waals surface area contributed by atoms with Gasteiger partial charge in [0.2, 0.25) is 0 Å². The zero-order valence-electron chi connectivity index (χ0n) is 9.74. The van der Waals surface area contributed by atoms with E-state index in [0.717, 1.165) is 0 Å². The Hall–Kier alpha value is -1.71. The number of aldehydes is 1. The number of carbonyl (C=O) groups is 1. The van der Waals surface area contributed by atoms with E-state index in [2.05, 4.69) is 0 Å². The first-order chi connectivity index (χ1) is 7.65. The Kier molecular flexibility index (Phi) is 4.17. The Morgan fingerprint density at radius 3 is 2.44 bits per heavy atom. The fraction of sp³-hybridized carbons (Fsp3) is 0.417. The maximum Gasteiger partial charge on any atom is 0.168 e. The van der Waals surface area contributed by atoms with E-state index in [1.807, 2.05) is 13.8 Å². The summed E-state index contributed by atoms with van der Waals surface area (Å²) in [5.41, 5.74) is 0.879. The van der Waals surface area contributed by atoms with Crippen LogP contribution in [-0.4, -0.2) is 24.6 Å². The number of ether oxygens (including phenoxy) is 2. The quantitative estimate of drug-likeness (QED) is 0.780. The third kappa shape index (κ3) is 2.27. The molecule has 0 amide bonds. The van der Waals surface area contributed by atoms with Gasteiger partial charge in [-0.15, -0.1) is 0 Å². The molecule has 88 valence electrons. The lowest BCUT2D eigenvalue weighted by Crippen LogP contribution is -2.01. The maximum absolute atomic E-state index is 10.8. The molecule has 0 saturated carbocycles. The lowest BCUT2D eigenvalue weighted by atomic mass is 10.1. The van der Waals surface area contributed by atoms with Crippen molar-refractivity contribution in [3.05, 3.63) is 17.2 Å². The SMILES string of the molecule is CCOc1cc(C=O)c(O)c(OCC)c1C. The third-order valence-corrected chi connectivity index (χ3v) is 2.20. The van der Waals surface area contributed by atoms with Crippen molar-refractivity contribution < 1.29 is 19.4 Å². The van der Waals surface area contributed by atoms with Gasteiger partial charge in [0.15, 0.2) is 17.8 Å². The Morgan fingerprint density at radius 1 is 1.31 bits per heavy atom. The van der Waals surface area contributed by atoms with E-state index in [9.17, 15) is 9.90 Å². The fourth-order valence-electron chi connectivity index (χ4n) is 1.45. The minimum absolute atomic E-state index is 0.127. The van der Waals surface area contributed by atoms with Crippen molar-refractivity contribution in [2.24, 2.45) is 0 Å². The van der Waals surface area contributed by atoms with Gasteiger partial charge in [0, 0.05) is 5.56 Å². The zero-order chi connectivity index (χ0) is 12.1. The number of aromatic hydroxyl groups is 1. The van der Waals surface area contributed by atoms with Gasteiger partial charge in [0.1, 0.15) is 5.75 Å². The summed E-state index contributed by atoms with van der Waals surface area (Å²) in [6, 6.07) is 1.52. The van der Waals surface area contributed by atoms with E-state index >= 15 is 0 Å². The predicted octanol–water partition coefficient (Wildman–Crippen LogP) is 2.31. The summed E-state index contributed by atoms with van der Waals surface area (Å²) in [5.74, 6) is 0.749. The second kappa shape index (κ2) is 5.39. The molecule has 0 atom stereocenters. The Bertz CT molecular complexity index is 385. The summed E-state index contributed by atoms with van der Waals surface area (Å²) in [7, 11) is 0. The summed E-state index contributed by atoms with van der Waals surface area (Å²) in [6.07, 6.45) is 0.583. The molecule has 0 spiro atoms. The molecule has 1 aromatic rings. The summed E-state index contributed by atoms with van der Waals surface area (Å²) in [6.45, 7) is 6.36. The highest BCUT2D eigenvalue weighted by atomic mass is 16.5. The molecule has 0 aliphatic carbocycles. The van der Waals surface area contributed by atoms with E-state index in [0.29, 0.717) is 36.6 Å². The highest BCUT2D eigenvalue weighted by Gasteiger charge is 2.16. The largest absolute Gasteiger partial charge is 0.504 e. The second-order valence-electron chi connectivity index (χ2n) is 3.25. The van der Waals surface area contributed by atoms with Crippen molar-refractivity contribution in [2.75, 3.05) is 13.2 Å². The van der Waals surface area contributed by atoms with Crippen molar-refractivity contribution >= 4 is 6.29 Å². The Morgan fingerprint density at radius 2 is 1.94 bits per heavy atom. The van der Waals surface area contributed by atoms with Gasteiger partial charge in [-0.3, -0.25) is 4.79 Å². The second-order valence-corrected chi connectivity index (χ2v) is 3.25. The van der Waals surface area contributed by atoms with Crippen molar-refractivity contribution in [1.82, 2.24) is 0 Å². The lowest BCUT2D eigenvalue weighted by Gasteiger charge is -2.15. The van der Waals surface area contributed by atoms with Gasteiger partial charge in [0.25, 0.3) is 0 Å². The van der Waals surface area contributed by atoms with Crippen LogP contribution in [0.3, 0.4) is 0 Å². The number of phenolic OH excluding ortho intramolecular Hbond substituents is 1. The van der Waals surface area contributed by atoms with E-state index in [1.165, 1.54) is 6.07 Å². The number of benzene rings is 1. The Balaban J connectivity index is 3.32. The maximum atomic E-state index is 10.8. The van der Waals surface area contributed by atoms with Gasteiger partial charge >= 0.3 is 0 Å². The van der Waals surface area contributed by atoms with Crippen LogP contribution in [0.5, 0.6) is 17.2 Å². The molecule has 1 N–H and O–H groups in total. The van der Waals surface area contributed by atoms with Gasteiger partial charge in [-0.2, -0.15) is 0 Å². The molecule has 0 radical (unpaired) electrons. The first-order valence-corrected chi connectivity index (χ1v) is 5.23. The monoisotopic (exact) mass is 224 g/mol. The van der Waals surface area contributed by atoms with Crippen LogP contribution in [-0.2, 0) is 0 Å². The highest BCUT2D eigenvalue weighted by Crippen LogP contribution is 2.38. The average Bonchev–Trinajstić information content (AvgIpc) is 2.28. The smallest absolute Gasteiger partial charge is 0.168 e. The van der Waals surface area contributed by atoms with E-state index in [4.69, 9.17) is 9.47 Å². The summed E-state index contributed by atoms with van der Waals surface area (Å²) >= 11 is 0. The van der Waals surface area contributed by atoms with Crippen molar-refractivity contribution in [3.63, 3.8) is 0 Å². The molecule has 4 heteroatoms. The van der Waals surface area contributed by atoms with Gasteiger partial charge in [-0.05, 0) is 26.8 Å². The van der Waals surface area contributed by atoms with E-state index in [1.54, 1.807) is 6.92 Å². The number of phenols is 1. The zero-order valence-corrected chi connectivity index (χ0v) is 9.74. The summed E-state index contributed by atoms with van der Waals surface area (Å²) in [4.78, 5) is 10.8. The van der Waals surface area contributed by atoms with Crippen LogP contribution in [0.2, 0.25) is 0 Å². The summed E-state index contributed by atoms with van der Waals surface area (Å²) < 4.78 is 10.7. The van der Waals surface area contributed by atoms with E-state index in [-0.39, 0.29) is 11.3 Å². The molecule has 1 aromatic carbocycles. The standard InChI is InChI=1S/C12H16O4/c1-4-15-10-6-9(7-13)11(14)12(8(10)3)16-5-2/h6-7,14H,4-5H2,1-3H3. The first kappa shape index (κ1) is 12.4. The van der Waals surface area contributed by atoms with Gasteiger partial charge in [0.05, 0.1) is 18.8 Å². The van der Waals surface area contributed by atoms with Crippen molar-refractivity contribution in [3.8, 4) is 17.2 Å². The molecule has 16 heavy (non-hydrogen) atoms. The van der Waals surface area contributed by atoms with Crippen LogP contribution < -0.4 is 9.47 Å². The molecular weight excluding hydrogens is 208 g/mol. The summed E-state index contributed by atoms with van der Waals surface area (Å²) in [5, 5.41) is 9.78. The fourth-order valence-corrected chi connectivity index (χ4v) is 1.45. The van der Waals surface area contributed by atoms with Gasteiger partial charge in [-0.1, -0.05) is 0 Å². The minimum Gasteiger partial charge on any atom is -0.504 e. The minimum atomic E-state index is -0.127. The molecule has 4 nitrogen and oxygen atoms in total.